The smallest absolute Gasteiger partial charge is 0.244 e. The number of likely N-dealkylation sites (tertiary alicyclic amines) is 1. The normalized spacial score (nSPS) is 20.1. The predicted octanol–water partition coefficient (Wildman–Crippen LogP) is -0.329. The standard InChI is InChI=1S/C12H20N4O3S/c1-20(18,19)14-8-11-4-2-6-15(9-11)12(17)10-16-7-3-5-13-16/h3,5,7,11,14H,2,4,6,8-10H2,1H3/t11-/m0/s1. The van der Waals surface area contributed by atoms with Crippen molar-refractivity contribution in [1.82, 2.24) is 19.4 Å². The van der Waals surface area contributed by atoms with Crippen LogP contribution in [0.2, 0.25) is 0 Å². The molecule has 0 aromatic carbocycles. The van der Waals surface area contributed by atoms with Crippen LogP contribution in [0.5, 0.6) is 0 Å². The summed E-state index contributed by atoms with van der Waals surface area (Å²) in [6.07, 6.45) is 6.39. The van der Waals surface area contributed by atoms with Crippen LogP contribution in [0.3, 0.4) is 0 Å². The van der Waals surface area contributed by atoms with Gasteiger partial charge in [0.1, 0.15) is 6.54 Å². The van der Waals surface area contributed by atoms with Crippen molar-refractivity contribution in [2.45, 2.75) is 19.4 Å². The van der Waals surface area contributed by atoms with Crippen molar-refractivity contribution in [2.75, 3.05) is 25.9 Å². The van der Waals surface area contributed by atoms with Crippen LogP contribution in [0.4, 0.5) is 0 Å². The van der Waals surface area contributed by atoms with Crippen LogP contribution in [-0.4, -0.2) is 54.9 Å². The van der Waals surface area contributed by atoms with Crippen molar-refractivity contribution in [2.24, 2.45) is 5.92 Å². The molecule has 1 aliphatic rings. The van der Waals surface area contributed by atoms with Crippen LogP contribution in [0.15, 0.2) is 18.5 Å². The summed E-state index contributed by atoms with van der Waals surface area (Å²) >= 11 is 0. The number of rotatable bonds is 5. The van der Waals surface area contributed by atoms with E-state index in [1.54, 1.807) is 28.0 Å². The molecule has 0 saturated carbocycles. The maximum atomic E-state index is 12.1. The van der Waals surface area contributed by atoms with E-state index < -0.39 is 10.0 Å². The second kappa shape index (κ2) is 6.36. The average Bonchev–Trinajstić information content (AvgIpc) is 2.89. The highest BCUT2D eigenvalue weighted by Crippen LogP contribution is 2.16. The first-order valence-electron chi connectivity index (χ1n) is 6.64. The lowest BCUT2D eigenvalue weighted by atomic mass is 9.98. The molecule has 1 aromatic heterocycles. The number of carbonyl (C=O) groups is 1. The largest absolute Gasteiger partial charge is 0.341 e. The lowest BCUT2D eigenvalue weighted by Crippen LogP contribution is -2.44. The summed E-state index contributed by atoms with van der Waals surface area (Å²) in [6.45, 7) is 1.96. The monoisotopic (exact) mass is 300 g/mol. The van der Waals surface area contributed by atoms with Crippen LogP contribution in [-0.2, 0) is 21.4 Å². The number of piperidine rings is 1. The molecular formula is C12H20N4O3S. The molecule has 0 unspecified atom stereocenters. The fourth-order valence-corrected chi connectivity index (χ4v) is 2.90. The zero-order valence-corrected chi connectivity index (χ0v) is 12.3. The molecule has 1 saturated heterocycles. The van der Waals surface area contributed by atoms with Gasteiger partial charge in [-0.15, -0.1) is 0 Å². The molecule has 1 atom stereocenters. The molecule has 2 rings (SSSR count). The van der Waals surface area contributed by atoms with Crippen LogP contribution < -0.4 is 4.72 Å². The Kier molecular flexibility index (Phi) is 4.77. The Hall–Kier alpha value is -1.41. The number of amides is 1. The Morgan fingerprint density at radius 3 is 2.95 bits per heavy atom. The lowest BCUT2D eigenvalue weighted by Gasteiger charge is -2.32. The van der Waals surface area contributed by atoms with Crippen molar-refractivity contribution >= 4 is 15.9 Å². The Morgan fingerprint density at radius 2 is 2.30 bits per heavy atom. The second-order valence-corrected chi connectivity index (χ2v) is 7.01. The van der Waals surface area contributed by atoms with Crippen LogP contribution in [0, 0.1) is 5.92 Å². The summed E-state index contributed by atoms with van der Waals surface area (Å²) in [4.78, 5) is 13.9. The summed E-state index contributed by atoms with van der Waals surface area (Å²) in [7, 11) is -3.17. The average molecular weight is 300 g/mol. The first-order chi connectivity index (χ1) is 9.44. The van der Waals surface area contributed by atoms with E-state index in [0.717, 1.165) is 25.6 Å². The molecule has 0 radical (unpaired) electrons. The van der Waals surface area contributed by atoms with Gasteiger partial charge in [-0.05, 0) is 24.8 Å². The van der Waals surface area contributed by atoms with Crippen molar-refractivity contribution in [3.63, 3.8) is 0 Å². The Balaban J connectivity index is 1.85. The van der Waals surface area contributed by atoms with Crippen LogP contribution in [0.1, 0.15) is 12.8 Å². The lowest BCUT2D eigenvalue weighted by molar-refractivity contribution is -0.133. The number of hydrogen-bond donors (Lipinski definition) is 1. The third-order valence-corrected chi connectivity index (χ3v) is 4.05. The molecule has 1 fully saturated rings. The van der Waals surface area contributed by atoms with Gasteiger partial charge >= 0.3 is 0 Å². The molecule has 8 heteroatoms. The maximum absolute atomic E-state index is 12.1. The van der Waals surface area contributed by atoms with E-state index in [2.05, 4.69) is 9.82 Å². The fourth-order valence-electron chi connectivity index (χ4n) is 2.36. The molecule has 1 N–H and O–H groups in total. The van der Waals surface area contributed by atoms with Gasteiger partial charge < -0.3 is 4.90 Å². The van der Waals surface area contributed by atoms with Gasteiger partial charge in [-0.2, -0.15) is 5.10 Å². The molecule has 20 heavy (non-hydrogen) atoms. The van der Waals surface area contributed by atoms with Gasteiger partial charge in [-0.25, -0.2) is 13.1 Å². The number of nitrogens with one attached hydrogen (secondary N) is 1. The Morgan fingerprint density at radius 1 is 1.50 bits per heavy atom. The van der Waals surface area contributed by atoms with Crippen LogP contribution in [0.25, 0.3) is 0 Å². The van der Waals surface area contributed by atoms with E-state index in [9.17, 15) is 13.2 Å². The van der Waals surface area contributed by atoms with Gasteiger partial charge in [0.15, 0.2) is 0 Å². The van der Waals surface area contributed by atoms with Gasteiger partial charge in [-0.3, -0.25) is 9.48 Å². The van der Waals surface area contributed by atoms with E-state index in [-0.39, 0.29) is 18.4 Å². The number of sulfonamides is 1. The second-order valence-electron chi connectivity index (χ2n) is 5.17. The molecule has 1 aromatic rings. The van der Waals surface area contributed by atoms with Crippen molar-refractivity contribution < 1.29 is 13.2 Å². The van der Waals surface area contributed by atoms with E-state index >= 15 is 0 Å². The first-order valence-corrected chi connectivity index (χ1v) is 8.53. The summed E-state index contributed by atoms with van der Waals surface area (Å²) < 4.78 is 26.3. The quantitative estimate of drug-likeness (QED) is 0.807. The van der Waals surface area contributed by atoms with Gasteiger partial charge in [0.2, 0.25) is 15.9 Å². The maximum Gasteiger partial charge on any atom is 0.244 e. The van der Waals surface area contributed by atoms with E-state index in [4.69, 9.17) is 0 Å². The molecule has 0 spiro atoms. The Bertz CT molecular complexity index is 541. The zero-order valence-electron chi connectivity index (χ0n) is 11.5. The van der Waals surface area contributed by atoms with Crippen molar-refractivity contribution in [3.05, 3.63) is 18.5 Å². The number of hydrogen-bond acceptors (Lipinski definition) is 4. The highest BCUT2D eigenvalue weighted by atomic mass is 32.2. The van der Waals surface area contributed by atoms with E-state index in [1.165, 1.54) is 0 Å². The van der Waals surface area contributed by atoms with Gasteiger partial charge in [-0.1, -0.05) is 0 Å². The fraction of sp³-hybridized carbons (Fsp3) is 0.667. The summed E-state index contributed by atoms with van der Waals surface area (Å²) in [5.41, 5.74) is 0. The van der Waals surface area contributed by atoms with Crippen molar-refractivity contribution in [1.29, 1.82) is 0 Å². The summed E-state index contributed by atoms with van der Waals surface area (Å²) in [5.74, 6) is 0.206. The SMILES string of the molecule is CS(=O)(=O)NC[C@@H]1CCCN(C(=O)Cn2cccn2)C1. The molecule has 7 nitrogen and oxygen atoms in total. The van der Waals surface area contributed by atoms with Crippen LogP contribution >= 0.6 is 0 Å². The minimum absolute atomic E-state index is 0.0257. The van der Waals surface area contributed by atoms with Gasteiger partial charge in [0.05, 0.1) is 6.26 Å². The van der Waals surface area contributed by atoms with E-state index in [0.29, 0.717) is 13.1 Å². The predicted molar refractivity (Wildman–Crippen MR) is 74.4 cm³/mol. The molecular weight excluding hydrogens is 280 g/mol. The number of aromatic nitrogens is 2. The molecule has 112 valence electrons. The third kappa shape index (κ3) is 4.61. The van der Waals surface area contributed by atoms with Gasteiger partial charge in [0, 0.05) is 32.0 Å². The highest BCUT2D eigenvalue weighted by Gasteiger charge is 2.24. The minimum Gasteiger partial charge on any atom is -0.341 e. The topological polar surface area (TPSA) is 84.3 Å². The first kappa shape index (κ1) is 15.0. The molecule has 0 aliphatic carbocycles. The number of carbonyl (C=O) groups excluding carboxylic acids is 1. The Labute approximate surface area is 119 Å². The summed E-state index contributed by atoms with van der Waals surface area (Å²) in [6, 6.07) is 1.78. The number of nitrogens with zero attached hydrogens (tertiary/aromatic N) is 3. The molecule has 1 aliphatic heterocycles. The zero-order chi connectivity index (χ0) is 14.6. The molecule has 2 heterocycles. The molecule has 0 bridgehead atoms. The highest BCUT2D eigenvalue weighted by molar-refractivity contribution is 7.88. The van der Waals surface area contributed by atoms with Crippen molar-refractivity contribution in [3.8, 4) is 0 Å². The van der Waals surface area contributed by atoms with E-state index in [1.807, 2.05) is 0 Å². The minimum atomic E-state index is -3.17. The molecule has 1 amide bonds. The van der Waals surface area contributed by atoms with Gasteiger partial charge in [0.25, 0.3) is 0 Å². The third-order valence-electron chi connectivity index (χ3n) is 3.36. The summed E-state index contributed by atoms with van der Waals surface area (Å²) in [5, 5.41) is 4.02.